The minimum Gasteiger partial charge on any atom is -0.371 e. The second kappa shape index (κ2) is 9.21. The quantitative estimate of drug-likeness (QED) is 0.704. The number of rotatable bonds is 9. The Hall–Kier alpha value is -0.740. The van der Waals surface area contributed by atoms with E-state index in [1.54, 1.807) is 0 Å². The number of hydrogen-bond donors (Lipinski definition) is 1. The molecule has 0 fully saturated rings. The smallest absolute Gasteiger partial charge is 0.0562 e. The first kappa shape index (κ1) is 16.3. The molecule has 3 nitrogen and oxygen atoms in total. The largest absolute Gasteiger partial charge is 0.371 e. The SMILES string of the molecule is CCCNCc1cc(N(C)C(CC)CSC)ccn1. The van der Waals surface area contributed by atoms with Gasteiger partial charge in [0.2, 0.25) is 0 Å². The normalized spacial score (nSPS) is 12.4. The second-order valence-corrected chi connectivity index (χ2v) is 5.72. The van der Waals surface area contributed by atoms with E-state index in [9.17, 15) is 0 Å². The average Bonchev–Trinajstić information content (AvgIpc) is 2.44. The molecule has 19 heavy (non-hydrogen) atoms. The van der Waals surface area contributed by atoms with Gasteiger partial charge in [0.15, 0.2) is 0 Å². The molecule has 0 spiro atoms. The molecule has 1 unspecified atom stereocenters. The molecule has 0 saturated heterocycles. The molecule has 4 heteroatoms. The number of thioether (sulfide) groups is 1. The van der Waals surface area contributed by atoms with Crippen LogP contribution in [0.15, 0.2) is 18.3 Å². The topological polar surface area (TPSA) is 28.2 Å². The number of aromatic nitrogens is 1. The molecule has 1 aromatic heterocycles. The lowest BCUT2D eigenvalue weighted by Gasteiger charge is -2.29. The molecule has 0 bridgehead atoms. The lowest BCUT2D eigenvalue weighted by atomic mass is 10.2. The molecular weight excluding hydrogens is 254 g/mol. The van der Waals surface area contributed by atoms with Gasteiger partial charge in [0.1, 0.15) is 0 Å². The molecular formula is C15H27N3S. The third-order valence-corrected chi connectivity index (χ3v) is 4.04. The molecule has 1 rings (SSSR count). The first-order valence-electron chi connectivity index (χ1n) is 7.10. The highest BCUT2D eigenvalue weighted by molar-refractivity contribution is 7.98. The van der Waals surface area contributed by atoms with Crippen molar-refractivity contribution in [3.63, 3.8) is 0 Å². The van der Waals surface area contributed by atoms with Gasteiger partial charge < -0.3 is 10.2 Å². The third-order valence-electron chi connectivity index (χ3n) is 3.32. The van der Waals surface area contributed by atoms with Crippen molar-refractivity contribution in [3.05, 3.63) is 24.0 Å². The Morgan fingerprint density at radius 3 is 2.84 bits per heavy atom. The summed E-state index contributed by atoms with van der Waals surface area (Å²) in [7, 11) is 2.18. The molecule has 0 saturated carbocycles. The van der Waals surface area contributed by atoms with Crippen LogP contribution in [0.3, 0.4) is 0 Å². The van der Waals surface area contributed by atoms with Gasteiger partial charge in [-0.25, -0.2) is 0 Å². The molecule has 108 valence electrons. The summed E-state index contributed by atoms with van der Waals surface area (Å²) >= 11 is 1.91. The van der Waals surface area contributed by atoms with Crippen LogP contribution in [0.5, 0.6) is 0 Å². The van der Waals surface area contributed by atoms with Crippen LogP contribution in [0.4, 0.5) is 5.69 Å². The highest BCUT2D eigenvalue weighted by atomic mass is 32.2. The third kappa shape index (κ3) is 5.41. The van der Waals surface area contributed by atoms with E-state index >= 15 is 0 Å². The Morgan fingerprint density at radius 2 is 2.21 bits per heavy atom. The minimum absolute atomic E-state index is 0.592. The fourth-order valence-electron chi connectivity index (χ4n) is 2.08. The molecule has 0 aromatic carbocycles. The Labute approximate surface area is 122 Å². The fraction of sp³-hybridized carbons (Fsp3) is 0.667. The molecule has 0 radical (unpaired) electrons. The predicted molar refractivity (Wildman–Crippen MR) is 87.1 cm³/mol. The number of hydrogen-bond acceptors (Lipinski definition) is 4. The first-order valence-corrected chi connectivity index (χ1v) is 8.49. The number of nitrogens with one attached hydrogen (secondary N) is 1. The zero-order chi connectivity index (χ0) is 14.1. The molecule has 1 heterocycles. The van der Waals surface area contributed by atoms with Gasteiger partial charge in [-0.15, -0.1) is 0 Å². The van der Waals surface area contributed by atoms with Crippen molar-refractivity contribution in [1.29, 1.82) is 0 Å². The van der Waals surface area contributed by atoms with Gasteiger partial charge in [-0.2, -0.15) is 11.8 Å². The maximum absolute atomic E-state index is 4.43. The Kier molecular flexibility index (Phi) is 7.91. The zero-order valence-electron chi connectivity index (χ0n) is 12.6. The van der Waals surface area contributed by atoms with Crippen LogP contribution < -0.4 is 10.2 Å². The highest BCUT2D eigenvalue weighted by Gasteiger charge is 2.13. The van der Waals surface area contributed by atoms with Crippen LogP contribution in [0.2, 0.25) is 0 Å². The van der Waals surface area contributed by atoms with Crippen LogP contribution in [-0.2, 0) is 6.54 Å². The summed E-state index contributed by atoms with van der Waals surface area (Å²) in [5.74, 6) is 1.17. The van der Waals surface area contributed by atoms with Crippen LogP contribution in [0.25, 0.3) is 0 Å². The van der Waals surface area contributed by atoms with Crippen molar-refractivity contribution >= 4 is 17.4 Å². The van der Waals surface area contributed by atoms with Gasteiger partial charge in [0.05, 0.1) is 5.69 Å². The standard InChI is InChI=1S/C15H27N3S/c1-5-8-16-11-13-10-15(7-9-17-13)18(3)14(6-2)12-19-4/h7,9-10,14,16H,5-6,8,11-12H2,1-4H3. The molecule has 0 amide bonds. The van der Waals surface area contributed by atoms with E-state index in [0.717, 1.165) is 25.2 Å². The summed E-state index contributed by atoms with van der Waals surface area (Å²) in [5.41, 5.74) is 2.39. The highest BCUT2D eigenvalue weighted by Crippen LogP contribution is 2.19. The van der Waals surface area contributed by atoms with Crippen LogP contribution in [0, 0.1) is 0 Å². The predicted octanol–water partition coefficient (Wildman–Crippen LogP) is 3.16. The van der Waals surface area contributed by atoms with Crippen molar-refractivity contribution in [3.8, 4) is 0 Å². The summed E-state index contributed by atoms with van der Waals surface area (Å²) < 4.78 is 0. The maximum Gasteiger partial charge on any atom is 0.0562 e. The van der Waals surface area contributed by atoms with E-state index < -0.39 is 0 Å². The number of nitrogens with zero attached hydrogens (tertiary/aromatic N) is 2. The van der Waals surface area contributed by atoms with E-state index in [4.69, 9.17) is 0 Å². The zero-order valence-corrected chi connectivity index (χ0v) is 13.5. The number of pyridine rings is 1. The van der Waals surface area contributed by atoms with E-state index in [1.807, 2.05) is 18.0 Å². The Bertz CT molecular complexity index is 357. The fourth-order valence-corrected chi connectivity index (χ4v) is 2.93. The number of anilines is 1. The van der Waals surface area contributed by atoms with Crippen molar-refractivity contribution in [2.24, 2.45) is 0 Å². The van der Waals surface area contributed by atoms with E-state index in [1.165, 1.54) is 17.9 Å². The minimum atomic E-state index is 0.592. The Balaban J connectivity index is 2.68. The summed E-state index contributed by atoms with van der Waals surface area (Å²) in [6.45, 7) is 6.34. The maximum atomic E-state index is 4.43. The van der Waals surface area contributed by atoms with E-state index in [-0.39, 0.29) is 0 Å². The molecule has 1 aromatic rings. The van der Waals surface area contributed by atoms with Crippen molar-refractivity contribution in [2.45, 2.75) is 39.3 Å². The van der Waals surface area contributed by atoms with E-state index in [0.29, 0.717) is 6.04 Å². The van der Waals surface area contributed by atoms with Gasteiger partial charge in [-0.3, -0.25) is 4.98 Å². The van der Waals surface area contributed by atoms with Gasteiger partial charge in [0, 0.05) is 37.3 Å². The summed E-state index contributed by atoms with van der Waals surface area (Å²) in [4.78, 5) is 6.81. The second-order valence-electron chi connectivity index (χ2n) is 4.81. The van der Waals surface area contributed by atoms with Crippen LogP contribution in [0.1, 0.15) is 32.4 Å². The monoisotopic (exact) mass is 281 g/mol. The van der Waals surface area contributed by atoms with Gasteiger partial charge in [-0.1, -0.05) is 13.8 Å². The summed E-state index contributed by atoms with van der Waals surface area (Å²) in [6, 6.07) is 4.90. The van der Waals surface area contributed by atoms with Crippen LogP contribution in [-0.4, -0.2) is 36.6 Å². The average molecular weight is 281 g/mol. The van der Waals surface area contributed by atoms with Gasteiger partial charge in [0.25, 0.3) is 0 Å². The Morgan fingerprint density at radius 1 is 1.42 bits per heavy atom. The van der Waals surface area contributed by atoms with Crippen molar-refractivity contribution in [1.82, 2.24) is 10.3 Å². The van der Waals surface area contributed by atoms with Crippen LogP contribution >= 0.6 is 11.8 Å². The van der Waals surface area contributed by atoms with Crippen molar-refractivity contribution in [2.75, 3.05) is 30.5 Å². The van der Waals surface area contributed by atoms with E-state index in [2.05, 4.69) is 54.5 Å². The molecule has 1 N–H and O–H groups in total. The van der Waals surface area contributed by atoms with Gasteiger partial charge in [-0.05, 0) is 37.8 Å². The molecule has 0 aliphatic rings. The van der Waals surface area contributed by atoms with Crippen molar-refractivity contribution < 1.29 is 0 Å². The first-order chi connectivity index (χ1) is 9.22. The van der Waals surface area contributed by atoms with Gasteiger partial charge >= 0.3 is 0 Å². The lowest BCUT2D eigenvalue weighted by molar-refractivity contribution is 0.658. The lowest BCUT2D eigenvalue weighted by Crippen LogP contribution is -2.33. The summed E-state index contributed by atoms with van der Waals surface area (Å²) in [6.07, 6.45) is 6.41. The molecule has 1 atom stereocenters. The molecule has 0 aliphatic heterocycles. The summed E-state index contributed by atoms with van der Waals surface area (Å²) in [5, 5.41) is 3.40. The molecule has 0 aliphatic carbocycles.